The van der Waals surface area contributed by atoms with Gasteiger partial charge in [0.2, 0.25) is 0 Å². The second-order valence-corrected chi connectivity index (χ2v) is 4.61. The quantitative estimate of drug-likeness (QED) is 0.651. The number of hydrogen-bond donors (Lipinski definition) is 2. The van der Waals surface area contributed by atoms with Gasteiger partial charge in [0, 0.05) is 11.3 Å². The van der Waals surface area contributed by atoms with Crippen molar-refractivity contribution in [3.8, 4) is 0 Å². The lowest BCUT2D eigenvalue weighted by molar-refractivity contribution is 0.277. The second kappa shape index (κ2) is 4.33. The maximum Gasteiger partial charge on any atom is 0.0565 e. The molecule has 2 nitrogen and oxygen atoms in total. The summed E-state index contributed by atoms with van der Waals surface area (Å²) in [6.07, 6.45) is 2.53. The fourth-order valence-electron chi connectivity index (χ4n) is 1.28. The summed E-state index contributed by atoms with van der Waals surface area (Å²) >= 11 is 1.78. The molecule has 2 atom stereocenters. The molecule has 0 aliphatic heterocycles. The standard InChI is InChI=1S/C8H17NOS/c1-2-11-7(5-10)8(9)6-3-4-6/h6-8,10H,2-5,9H2,1H3. The van der Waals surface area contributed by atoms with E-state index in [4.69, 9.17) is 10.8 Å². The van der Waals surface area contributed by atoms with Crippen molar-refractivity contribution in [1.29, 1.82) is 0 Å². The Morgan fingerprint density at radius 2 is 2.27 bits per heavy atom. The van der Waals surface area contributed by atoms with E-state index in [1.54, 1.807) is 11.8 Å². The van der Waals surface area contributed by atoms with Gasteiger partial charge in [-0.05, 0) is 24.5 Å². The number of rotatable bonds is 5. The van der Waals surface area contributed by atoms with Crippen LogP contribution in [0.4, 0.5) is 0 Å². The summed E-state index contributed by atoms with van der Waals surface area (Å²) in [5.74, 6) is 1.75. The Balaban J connectivity index is 2.26. The van der Waals surface area contributed by atoms with Crippen LogP contribution in [0, 0.1) is 5.92 Å². The van der Waals surface area contributed by atoms with Crippen molar-refractivity contribution in [1.82, 2.24) is 0 Å². The van der Waals surface area contributed by atoms with Gasteiger partial charge >= 0.3 is 0 Å². The summed E-state index contributed by atoms with van der Waals surface area (Å²) in [7, 11) is 0. The van der Waals surface area contributed by atoms with Gasteiger partial charge < -0.3 is 10.8 Å². The van der Waals surface area contributed by atoms with Crippen LogP contribution in [0.25, 0.3) is 0 Å². The Morgan fingerprint density at radius 3 is 2.64 bits per heavy atom. The Bertz CT molecular complexity index is 117. The molecule has 0 amide bonds. The molecule has 0 aromatic rings. The van der Waals surface area contributed by atoms with Gasteiger partial charge in [0.1, 0.15) is 0 Å². The van der Waals surface area contributed by atoms with E-state index < -0.39 is 0 Å². The maximum absolute atomic E-state index is 9.00. The molecule has 0 bridgehead atoms. The van der Waals surface area contributed by atoms with Gasteiger partial charge in [0.15, 0.2) is 0 Å². The monoisotopic (exact) mass is 175 g/mol. The van der Waals surface area contributed by atoms with E-state index in [9.17, 15) is 0 Å². The molecule has 0 heterocycles. The molecule has 0 aromatic heterocycles. The average molecular weight is 175 g/mol. The van der Waals surface area contributed by atoms with E-state index in [-0.39, 0.29) is 17.9 Å². The highest BCUT2D eigenvalue weighted by molar-refractivity contribution is 7.99. The van der Waals surface area contributed by atoms with Crippen LogP contribution >= 0.6 is 11.8 Å². The zero-order valence-electron chi connectivity index (χ0n) is 6.99. The van der Waals surface area contributed by atoms with Crippen molar-refractivity contribution in [2.75, 3.05) is 12.4 Å². The van der Waals surface area contributed by atoms with Gasteiger partial charge in [-0.1, -0.05) is 6.92 Å². The lowest BCUT2D eigenvalue weighted by Crippen LogP contribution is -2.37. The van der Waals surface area contributed by atoms with Crippen molar-refractivity contribution >= 4 is 11.8 Å². The minimum absolute atomic E-state index is 0.227. The van der Waals surface area contributed by atoms with E-state index in [1.165, 1.54) is 12.8 Å². The van der Waals surface area contributed by atoms with Gasteiger partial charge in [-0.2, -0.15) is 11.8 Å². The molecule has 2 unspecified atom stereocenters. The summed E-state index contributed by atoms with van der Waals surface area (Å²) in [5.41, 5.74) is 5.94. The molecule has 1 saturated carbocycles. The highest BCUT2D eigenvalue weighted by Gasteiger charge is 2.33. The lowest BCUT2D eigenvalue weighted by atomic mass is 10.1. The molecule has 0 spiro atoms. The normalized spacial score (nSPS) is 23.2. The first-order valence-electron chi connectivity index (χ1n) is 4.27. The van der Waals surface area contributed by atoms with Gasteiger partial charge in [-0.15, -0.1) is 0 Å². The van der Waals surface area contributed by atoms with E-state index in [1.807, 2.05) is 0 Å². The predicted molar refractivity (Wildman–Crippen MR) is 49.7 cm³/mol. The van der Waals surface area contributed by atoms with Crippen molar-refractivity contribution in [2.45, 2.75) is 31.1 Å². The van der Waals surface area contributed by atoms with Crippen LogP contribution in [-0.2, 0) is 0 Å². The molecule has 0 radical (unpaired) electrons. The van der Waals surface area contributed by atoms with Crippen LogP contribution in [0.1, 0.15) is 19.8 Å². The molecule has 3 N–H and O–H groups in total. The van der Waals surface area contributed by atoms with Crippen molar-refractivity contribution in [3.05, 3.63) is 0 Å². The number of hydrogen-bond acceptors (Lipinski definition) is 3. The molecule has 0 saturated heterocycles. The third-order valence-corrected chi connectivity index (χ3v) is 3.38. The number of nitrogens with two attached hydrogens (primary N) is 1. The third-order valence-electron chi connectivity index (χ3n) is 2.16. The fraction of sp³-hybridized carbons (Fsp3) is 1.00. The summed E-state index contributed by atoms with van der Waals surface area (Å²) in [4.78, 5) is 0. The summed E-state index contributed by atoms with van der Waals surface area (Å²) in [6.45, 7) is 2.34. The second-order valence-electron chi connectivity index (χ2n) is 3.09. The Morgan fingerprint density at radius 1 is 1.64 bits per heavy atom. The lowest BCUT2D eigenvalue weighted by Gasteiger charge is -2.20. The number of aliphatic hydroxyl groups is 1. The van der Waals surface area contributed by atoms with Gasteiger partial charge in [0.25, 0.3) is 0 Å². The SMILES string of the molecule is CCSC(CO)C(N)C1CC1. The molecular weight excluding hydrogens is 158 g/mol. The molecule has 1 aliphatic rings. The van der Waals surface area contributed by atoms with Crippen LogP contribution in [-0.4, -0.2) is 28.8 Å². The molecule has 1 fully saturated rings. The summed E-state index contributed by atoms with van der Waals surface area (Å²) in [5, 5.41) is 9.27. The smallest absolute Gasteiger partial charge is 0.0565 e. The van der Waals surface area contributed by atoms with Gasteiger partial charge in [0.05, 0.1) is 6.61 Å². The first-order valence-corrected chi connectivity index (χ1v) is 5.32. The summed E-state index contributed by atoms with van der Waals surface area (Å²) in [6, 6.07) is 0.227. The zero-order chi connectivity index (χ0) is 8.27. The van der Waals surface area contributed by atoms with Crippen LogP contribution in [0.5, 0.6) is 0 Å². The van der Waals surface area contributed by atoms with Crippen LogP contribution < -0.4 is 5.73 Å². The van der Waals surface area contributed by atoms with Crippen LogP contribution in [0.2, 0.25) is 0 Å². The highest BCUT2D eigenvalue weighted by Crippen LogP contribution is 2.35. The maximum atomic E-state index is 9.00. The highest BCUT2D eigenvalue weighted by atomic mass is 32.2. The zero-order valence-corrected chi connectivity index (χ0v) is 7.81. The largest absolute Gasteiger partial charge is 0.395 e. The molecular formula is C8H17NOS. The van der Waals surface area contributed by atoms with Gasteiger partial charge in [-0.25, -0.2) is 0 Å². The number of aliphatic hydroxyl groups excluding tert-OH is 1. The van der Waals surface area contributed by atoms with E-state index in [0.29, 0.717) is 5.92 Å². The minimum atomic E-state index is 0.227. The third kappa shape index (κ3) is 2.65. The molecule has 1 aliphatic carbocycles. The first kappa shape index (κ1) is 9.36. The van der Waals surface area contributed by atoms with Crippen molar-refractivity contribution in [3.63, 3.8) is 0 Å². The molecule has 11 heavy (non-hydrogen) atoms. The van der Waals surface area contributed by atoms with Crippen molar-refractivity contribution < 1.29 is 5.11 Å². The van der Waals surface area contributed by atoms with E-state index in [2.05, 4.69) is 6.92 Å². The predicted octanol–water partition coefficient (Wildman–Crippen LogP) is 0.838. The summed E-state index contributed by atoms with van der Waals surface area (Å²) < 4.78 is 0. The molecule has 66 valence electrons. The Hall–Kier alpha value is 0.270. The molecule has 3 heteroatoms. The fourth-order valence-corrected chi connectivity index (χ4v) is 2.26. The topological polar surface area (TPSA) is 46.2 Å². The Kier molecular flexibility index (Phi) is 3.69. The Labute approximate surface area is 72.5 Å². The minimum Gasteiger partial charge on any atom is -0.395 e. The van der Waals surface area contributed by atoms with E-state index in [0.717, 1.165) is 5.75 Å². The van der Waals surface area contributed by atoms with E-state index >= 15 is 0 Å². The average Bonchev–Trinajstić information content (AvgIpc) is 2.81. The first-order chi connectivity index (χ1) is 5.29. The number of thioether (sulfide) groups is 1. The van der Waals surface area contributed by atoms with Crippen LogP contribution in [0.3, 0.4) is 0 Å². The molecule has 1 rings (SSSR count). The van der Waals surface area contributed by atoms with Crippen LogP contribution in [0.15, 0.2) is 0 Å². The molecule has 0 aromatic carbocycles. The van der Waals surface area contributed by atoms with Gasteiger partial charge in [-0.3, -0.25) is 0 Å². The van der Waals surface area contributed by atoms with Crippen molar-refractivity contribution in [2.24, 2.45) is 11.7 Å².